The summed E-state index contributed by atoms with van der Waals surface area (Å²) in [6.07, 6.45) is 2.58. The van der Waals surface area contributed by atoms with Crippen LogP contribution >= 0.6 is 0 Å². The fourth-order valence-electron chi connectivity index (χ4n) is 2.21. The van der Waals surface area contributed by atoms with Gasteiger partial charge in [-0.05, 0) is 37.1 Å². The van der Waals surface area contributed by atoms with Gasteiger partial charge in [-0.15, -0.1) is 0 Å². The zero-order valence-electron chi connectivity index (χ0n) is 14.3. The highest BCUT2D eigenvalue weighted by atomic mass is 32.2. The minimum Gasteiger partial charge on any atom is -0.266 e. The van der Waals surface area contributed by atoms with Crippen LogP contribution in [0.3, 0.4) is 0 Å². The third kappa shape index (κ3) is 6.53. The quantitative estimate of drug-likeness (QED) is 0.426. The van der Waals surface area contributed by atoms with Crippen LogP contribution < -0.4 is 0 Å². The van der Waals surface area contributed by atoms with Crippen molar-refractivity contribution < 1.29 is 25.2 Å². The molecule has 0 N–H and O–H groups in total. The molecule has 6 nitrogen and oxygen atoms in total. The van der Waals surface area contributed by atoms with Crippen molar-refractivity contribution in [1.29, 1.82) is 0 Å². The van der Waals surface area contributed by atoms with E-state index >= 15 is 0 Å². The van der Waals surface area contributed by atoms with E-state index in [-0.39, 0.29) is 23.0 Å². The van der Waals surface area contributed by atoms with Crippen molar-refractivity contribution in [1.82, 2.24) is 0 Å². The van der Waals surface area contributed by atoms with Gasteiger partial charge in [0.25, 0.3) is 20.2 Å². The van der Waals surface area contributed by atoms with Gasteiger partial charge in [-0.2, -0.15) is 16.8 Å². The molecule has 0 aliphatic heterocycles. The van der Waals surface area contributed by atoms with E-state index in [1.165, 1.54) is 24.3 Å². The molecule has 2 rings (SSSR count). The Morgan fingerprint density at radius 1 is 0.538 bits per heavy atom. The summed E-state index contributed by atoms with van der Waals surface area (Å²) in [5.74, 6) is 0. The summed E-state index contributed by atoms with van der Waals surface area (Å²) in [4.78, 5) is 0.277. The van der Waals surface area contributed by atoms with Gasteiger partial charge in [0.05, 0.1) is 23.0 Å². The normalized spacial score (nSPS) is 12.2. The lowest BCUT2D eigenvalue weighted by Crippen LogP contribution is -2.08. The Hall–Kier alpha value is -1.74. The maximum absolute atomic E-state index is 11.9. The topological polar surface area (TPSA) is 86.7 Å². The summed E-state index contributed by atoms with van der Waals surface area (Å²) >= 11 is 0. The highest BCUT2D eigenvalue weighted by Crippen LogP contribution is 2.14. The van der Waals surface area contributed by atoms with Gasteiger partial charge in [-0.1, -0.05) is 49.2 Å². The molecule has 0 fully saturated rings. The first-order valence-electron chi connectivity index (χ1n) is 8.31. The molecule has 0 saturated carbocycles. The summed E-state index contributed by atoms with van der Waals surface area (Å²) in [6.45, 7) is 0.195. The summed E-state index contributed by atoms with van der Waals surface area (Å²) in [7, 11) is -7.42. The Bertz CT molecular complexity index is 787. The standard InChI is InChI=1S/C18H22O6S2/c19-25(20,17-11-5-3-6-12-17)23-15-9-1-2-10-16-24-26(21,22)18-13-7-4-8-14-18/h3-8,11-14H,1-2,9-10,15-16H2. The van der Waals surface area contributed by atoms with Gasteiger partial charge in [0.1, 0.15) is 0 Å². The van der Waals surface area contributed by atoms with Crippen LogP contribution in [0, 0.1) is 0 Å². The van der Waals surface area contributed by atoms with Crippen molar-refractivity contribution in [2.24, 2.45) is 0 Å². The van der Waals surface area contributed by atoms with E-state index < -0.39 is 20.2 Å². The van der Waals surface area contributed by atoms with Crippen molar-refractivity contribution in [3.05, 3.63) is 60.7 Å². The average Bonchev–Trinajstić information content (AvgIpc) is 2.65. The molecule has 2 aromatic rings. The number of rotatable bonds is 11. The maximum atomic E-state index is 11.9. The van der Waals surface area contributed by atoms with Crippen molar-refractivity contribution in [2.75, 3.05) is 13.2 Å². The van der Waals surface area contributed by atoms with Crippen LogP contribution in [0.15, 0.2) is 70.5 Å². The summed E-state index contributed by atoms with van der Waals surface area (Å²) in [6, 6.07) is 16.0. The Morgan fingerprint density at radius 3 is 1.23 bits per heavy atom. The zero-order chi connectivity index (χ0) is 18.9. The summed E-state index contributed by atoms with van der Waals surface area (Å²) in [5, 5.41) is 0. The summed E-state index contributed by atoms with van der Waals surface area (Å²) < 4.78 is 57.6. The molecule has 26 heavy (non-hydrogen) atoms. The van der Waals surface area contributed by atoms with Gasteiger partial charge in [-0.25, -0.2) is 0 Å². The third-order valence-electron chi connectivity index (χ3n) is 3.58. The Morgan fingerprint density at radius 2 is 0.885 bits per heavy atom. The van der Waals surface area contributed by atoms with Crippen LogP contribution in [-0.2, 0) is 28.6 Å². The SMILES string of the molecule is O=S(=O)(OCCCCCCOS(=O)(=O)c1ccccc1)c1ccccc1. The van der Waals surface area contributed by atoms with Crippen LogP contribution in [0.5, 0.6) is 0 Å². The maximum Gasteiger partial charge on any atom is 0.296 e. The summed E-state index contributed by atoms with van der Waals surface area (Å²) in [5.41, 5.74) is 0. The van der Waals surface area contributed by atoms with E-state index in [9.17, 15) is 16.8 Å². The van der Waals surface area contributed by atoms with Gasteiger partial charge in [0, 0.05) is 0 Å². The van der Waals surface area contributed by atoms with E-state index in [1.54, 1.807) is 36.4 Å². The van der Waals surface area contributed by atoms with Crippen LogP contribution in [0.4, 0.5) is 0 Å². The van der Waals surface area contributed by atoms with E-state index in [4.69, 9.17) is 8.37 Å². The molecular formula is C18H22O6S2. The molecule has 0 amide bonds. The molecule has 142 valence electrons. The van der Waals surface area contributed by atoms with Crippen LogP contribution in [-0.4, -0.2) is 30.0 Å². The fraction of sp³-hybridized carbons (Fsp3) is 0.333. The molecule has 0 spiro atoms. The second kappa shape index (κ2) is 9.82. The molecule has 8 heteroatoms. The lowest BCUT2D eigenvalue weighted by atomic mass is 10.2. The number of hydrogen-bond donors (Lipinski definition) is 0. The second-order valence-electron chi connectivity index (χ2n) is 5.59. The smallest absolute Gasteiger partial charge is 0.266 e. The van der Waals surface area contributed by atoms with Gasteiger partial charge in [-0.3, -0.25) is 8.37 Å². The van der Waals surface area contributed by atoms with Crippen LogP contribution in [0.1, 0.15) is 25.7 Å². The average molecular weight is 399 g/mol. The fourth-order valence-corrected chi connectivity index (χ4v) is 4.13. The number of unbranched alkanes of at least 4 members (excludes halogenated alkanes) is 3. The van der Waals surface area contributed by atoms with Crippen molar-refractivity contribution >= 4 is 20.2 Å². The van der Waals surface area contributed by atoms with E-state index in [1.807, 2.05) is 0 Å². The number of benzene rings is 2. The van der Waals surface area contributed by atoms with Crippen LogP contribution in [0.25, 0.3) is 0 Å². The van der Waals surface area contributed by atoms with Gasteiger partial charge < -0.3 is 0 Å². The van der Waals surface area contributed by atoms with Gasteiger partial charge in [0.15, 0.2) is 0 Å². The van der Waals surface area contributed by atoms with Gasteiger partial charge >= 0.3 is 0 Å². The van der Waals surface area contributed by atoms with E-state index in [0.717, 1.165) is 12.8 Å². The Balaban J connectivity index is 1.60. The highest BCUT2D eigenvalue weighted by Gasteiger charge is 2.15. The number of hydrogen-bond acceptors (Lipinski definition) is 6. The lowest BCUT2D eigenvalue weighted by Gasteiger charge is -2.06. The third-order valence-corrected chi connectivity index (χ3v) is 6.23. The zero-order valence-corrected chi connectivity index (χ0v) is 15.9. The van der Waals surface area contributed by atoms with Crippen LogP contribution in [0.2, 0.25) is 0 Å². The molecule has 0 radical (unpaired) electrons. The van der Waals surface area contributed by atoms with Crippen molar-refractivity contribution in [3.63, 3.8) is 0 Å². The molecule has 0 heterocycles. The molecule has 0 unspecified atom stereocenters. The first-order valence-corrected chi connectivity index (χ1v) is 11.1. The largest absolute Gasteiger partial charge is 0.296 e. The molecule has 0 aliphatic carbocycles. The molecular weight excluding hydrogens is 376 g/mol. The Labute approximate surface area is 155 Å². The molecule has 0 bridgehead atoms. The van der Waals surface area contributed by atoms with Crippen molar-refractivity contribution in [2.45, 2.75) is 35.5 Å². The predicted octanol–water partition coefficient (Wildman–Crippen LogP) is 3.36. The molecule has 0 atom stereocenters. The monoisotopic (exact) mass is 398 g/mol. The Kier molecular flexibility index (Phi) is 7.77. The molecule has 0 aliphatic rings. The van der Waals surface area contributed by atoms with Crippen molar-refractivity contribution in [3.8, 4) is 0 Å². The minimum absolute atomic E-state index is 0.0976. The minimum atomic E-state index is -3.71. The second-order valence-corrected chi connectivity index (χ2v) is 8.82. The predicted molar refractivity (Wildman–Crippen MR) is 97.6 cm³/mol. The van der Waals surface area contributed by atoms with Gasteiger partial charge in [0.2, 0.25) is 0 Å². The molecule has 2 aromatic carbocycles. The first-order chi connectivity index (χ1) is 12.4. The van der Waals surface area contributed by atoms with E-state index in [2.05, 4.69) is 0 Å². The van der Waals surface area contributed by atoms with E-state index in [0.29, 0.717) is 12.8 Å². The first kappa shape index (κ1) is 20.6. The molecule has 0 saturated heterocycles. The highest BCUT2D eigenvalue weighted by molar-refractivity contribution is 7.87. The molecule has 0 aromatic heterocycles. The lowest BCUT2D eigenvalue weighted by molar-refractivity contribution is 0.290.